The largest absolute Gasteiger partial charge is 0.435 e. The Labute approximate surface area is 126 Å². The van der Waals surface area contributed by atoms with Crippen molar-refractivity contribution in [3.05, 3.63) is 63.7 Å². The Kier molecular flexibility index (Phi) is 4.58. The molecule has 0 unspecified atom stereocenters. The van der Waals surface area contributed by atoms with Crippen molar-refractivity contribution in [2.24, 2.45) is 0 Å². The molecule has 2 rings (SSSR count). The van der Waals surface area contributed by atoms with Crippen LogP contribution in [0.15, 0.2) is 36.4 Å². The van der Waals surface area contributed by atoms with Crippen molar-refractivity contribution in [1.82, 2.24) is 0 Å². The van der Waals surface area contributed by atoms with Crippen LogP contribution in [-0.2, 0) is 0 Å². The average molecular weight is 311 g/mol. The first-order valence-corrected chi connectivity index (χ1v) is 6.62. The molecule has 2 aromatic rings. The van der Waals surface area contributed by atoms with E-state index in [0.717, 1.165) is 11.1 Å². The lowest BCUT2D eigenvalue weighted by molar-refractivity contribution is -0.0498. The molecule has 0 bridgehead atoms. The zero-order chi connectivity index (χ0) is 15.6. The number of hydrogen-bond donors (Lipinski definition) is 0. The lowest BCUT2D eigenvalue weighted by Crippen LogP contribution is -2.06. The molecule has 0 saturated carbocycles. The van der Waals surface area contributed by atoms with E-state index in [-0.39, 0.29) is 17.1 Å². The van der Waals surface area contributed by atoms with Gasteiger partial charge in [0, 0.05) is 11.1 Å². The number of carbonyl (C=O) groups is 1. The second kappa shape index (κ2) is 6.22. The van der Waals surface area contributed by atoms with Crippen molar-refractivity contribution in [2.45, 2.75) is 20.5 Å². The van der Waals surface area contributed by atoms with Crippen molar-refractivity contribution in [3.8, 4) is 5.75 Å². The fourth-order valence-electron chi connectivity index (χ4n) is 1.92. The third-order valence-corrected chi connectivity index (χ3v) is 3.46. The third kappa shape index (κ3) is 3.58. The van der Waals surface area contributed by atoms with Gasteiger partial charge in [0.05, 0.1) is 5.02 Å². The van der Waals surface area contributed by atoms with Gasteiger partial charge in [0.15, 0.2) is 5.78 Å². The van der Waals surface area contributed by atoms with Gasteiger partial charge in [-0.3, -0.25) is 4.79 Å². The minimum absolute atomic E-state index is 0.0594. The SMILES string of the molecule is Cc1cc(Cl)c(C(=O)c2cccc(OC(F)F)c2)cc1C. The van der Waals surface area contributed by atoms with Crippen LogP contribution in [0.25, 0.3) is 0 Å². The standard InChI is InChI=1S/C16H13ClF2O2/c1-9-6-13(14(17)7-10(9)2)15(20)11-4-3-5-12(8-11)21-16(18)19/h3-8,16H,1-2H3. The molecule has 0 aromatic heterocycles. The predicted octanol–water partition coefficient (Wildman–Crippen LogP) is 4.79. The fraction of sp³-hybridized carbons (Fsp3) is 0.188. The van der Waals surface area contributed by atoms with E-state index in [4.69, 9.17) is 11.6 Å². The van der Waals surface area contributed by atoms with E-state index in [1.165, 1.54) is 24.3 Å². The maximum Gasteiger partial charge on any atom is 0.387 e. The van der Waals surface area contributed by atoms with E-state index in [0.29, 0.717) is 10.6 Å². The molecule has 0 fully saturated rings. The topological polar surface area (TPSA) is 26.3 Å². The number of aryl methyl sites for hydroxylation is 2. The quantitative estimate of drug-likeness (QED) is 0.759. The summed E-state index contributed by atoms with van der Waals surface area (Å²) in [5.41, 5.74) is 2.50. The molecule has 0 aliphatic heterocycles. The second-order valence-corrected chi connectivity index (χ2v) is 5.06. The Morgan fingerprint density at radius 1 is 1.14 bits per heavy atom. The molecule has 0 atom stereocenters. The Hall–Kier alpha value is -1.94. The zero-order valence-corrected chi connectivity index (χ0v) is 12.2. The van der Waals surface area contributed by atoms with Gasteiger partial charge < -0.3 is 4.74 Å². The van der Waals surface area contributed by atoms with Crippen LogP contribution in [0.5, 0.6) is 5.75 Å². The van der Waals surface area contributed by atoms with E-state index in [1.807, 2.05) is 13.8 Å². The van der Waals surface area contributed by atoms with Crippen LogP contribution < -0.4 is 4.74 Å². The van der Waals surface area contributed by atoms with Gasteiger partial charge >= 0.3 is 6.61 Å². The summed E-state index contributed by atoms with van der Waals surface area (Å²) in [6.07, 6.45) is 0. The Morgan fingerprint density at radius 2 is 1.81 bits per heavy atom. The summed E-state index contributed by atoms with van der Waals surface area (Å²) in [6.45, 7) is 0.839. The Bertz CT molecular complexity index is 684. The second-order valence-electron chi connectivity index (χ2n) is 4.65. The maximum atomic E-state index is 12.4. The molecule has 21 heavy (non-hydrogen) atoms. The smallest absolute Gasteiger partial charge is 0.387 e. The minimum atomic E-state index is -2.93. The fourth-order valence-corrected chi connectivity index (χ4v) is 2.23. The van der Waals surface area contributed by atoms with Crippen LogP contribution in [0.3, 0.4) is 0 Å². The summed E-state index contributed by atoms with van der Waals surface area (Å²) in [5.74, 6) is -0.390. The van der Waals surface area contributed by atoms with E-state index < -0.39 is 6.61 Å². The molecule has 0 aliphatic carbocycles. The van der Waals surface area contributed by atoms with Crippen LogP contribution >= 0.6 is 11.6 Å². The normalized spacial score (nSPS) is 10.8. The number of hydrogen-bond acceptors (Lipinski definition) is 2. The highest BCUT2D eigenvalue weighted by molar-refractivity contribution is 6.35. The van der Waals surface area contributed by atoms with Crippen molar-refractivity contribution in [1.29, 1.82) is 0 Å². The monoisotopic (exact) mass is 310 g/mol. The van der Waals surface area contributed by atoms with E-state index in [9.17, 15) is 13.6 Å². The van der Waals surface area contributed by atoms with Crippen LogP contribution in [-0.4, -0.2) is 12.4 Å². The molecule has 0 spiro atoms. The molecule has 0 heterocycles. The van der Waals surface area contributed by atoms with Crippen molar-refractivity contribution in [3.63, 3.8) is 0 Å². The summed E-state index contributed by atoms with van der Waals surface area (Å²) in [5, 5.41) is 0.336. The van der Waals surface area contributed by atoms with Gasteiger partial charge in [0.2, 0.25) is 0 Å². The average Bonchev–Trinajstić information content (AvgIpc) is 2.41. The number of alkyl halides is 2. The first kappa shape index (κ1) is 15.4. The summed E-state index contributed by atoms with van der Waals surface area (Å²) >= 11 is 6.10. The van der Waals surface area contributed by atoms with Crippen LogP contribution in [0.2, 0.25) is 5.02 Å². The first-order chi connectivity index (χ1) is 9.88. The van der Waals surface area contributed by atoms with Crippen molar-refractivity contribution < 1.29 is 18.3 Å². The van der Waals surface area contributed by atoms with E-state index in [1.54, 1.807) is 12.1 Å². The molecular formula is C16H13ClF2O2. The maximum absolute atomic E-state index is 12.4. The lowest BCUT2D eigenvalue weighted by Gasteiger charge is -2.09. The summed E-state index contributed by atoms with van der Waals surface area (Å²) in [4.78, 5) is 12.4. The zero-order valence-electron chi connectivity index (χ0n) is 11.5. The Morgan fingerprint density at radius 3 is 2.48 bits per heavy atom. The highest BCUT2D eigenvalue weighted by atomic mass is 35.5. The predicted molar refractivity (Wildman–Crippen MR) is 77.4 cm³/mol. The number of benzene rings is 2. The summed E-state index contributed by atoms with van der Waals surface area (Å²) in [7, 11) is 0. The third-order valence-electron chi connectivity index (χ3n) is 3.15. The van der Waals surface area contributed by atoms with Crippen molar-refractivity contribution in [2.75, 3.05) is 0 Å². The number of rotatable bonds is 4. The van der Waals surface area contributed by atoms with E-state index >= 15 is 0 Å². The summed E-state index contributed by atoms with van der Waals surface area (Å²) < 4.78 is 28.7. The van der Waals surface area contributed by atoms with Crippen LogP contribution in [0.1, 0.15) is 27.0 Å². The molecule has 0 amide bonds. The van der Waals surface area contributed by atoms with Gasteiger partial charge in [-0.15, -0.1) is 0 Å². The minimum Gasteiger partial charge on any atom is -0.435 e. The van der Waals surface area contributed by atoms with Crippen LogP contribution in [0, 0.1) is 13.8 Å². The number of halogens is 3. The van der Waals surface area contributed by atoms with Crippen molar-refractivity contribution >= 4 is 17.4 Å². The van der Waals surface area contributed by atoms with Crippen LogP contribution in [0.4, 0.5) is 8.78 Å². The molecule has 2 aromatic carbocycles. The molecule has 0 N–H and O–H groups in total. The molecule has 0 radical (unpaired) electrons. The highest BCUT2D eigenvalue weighted by Gasteiger charge is 2.15. The van der Waals surface area contributed by atoms with E-state index in [2.05, 4.69) is 4.74 Å². The molecule has 2 nitrogen and oxygen atoms in total. The summed E-state index contributed by atoms with van der Waals surface area (Å²) in [6, 6.07) is 9.07. The Balaban J connectivity index is 2.38. The number of ether oxygens (including phenoxy) is 1. The molecule has 0 aliphatic rings. The van der Waals surface area contributed by atoms with Gasteiger partial charge in [0.1, 0.15) is 5.75 Å². The van der Waals surface area contributed by atoms with Gasteiger partial charge in [-0.05, 0) is 49.2 Å². The molecule has 0 saturated heterocycles. The van der Waals surface area contributed by atoms with Gasteiger partial charge in [0.25, 0.3) is 0 Å². The number of ketones is 1. The lowest BCUT2D eigenvalue weighted by atomic mass is 9.99. The molecule has 5 heteroatoms. The molecule has 110 valence electrons. The van der Waals surface area contributed by atoms with Gasteiger partial charge in [-0.25, -0.2) is 0 Å². The number of carbonyl (C=O) groups excluding carboxylic acids is 1. The van der Waals surface area contributed by atoms with Gasteiger partial charge in [-0.2, -0.15) is 8.78 Å². The van der Waals surface area contributed by atoms with Gasteiger partial charge in [-0.1, -0.05) is 23.7 Å². The highest BCUT2D eigenvalue weighted by Crippen LogP contribution is 2.25. The first-order valence-electron chi connectivity index (χ1n) is 6.25. The molecular weight excluding hydrogens is 298 g/mol.